The maximum atomic E-state index is 11.8. The quantitative estimate of drug-likeness (QED) is 0.353. The Bertz CT molecular complexity index is 698. The van der Waals surface area contributed by atoms with Crippen molar-refractivity contribution in [2.24, 2.45) is 7.05 Å². The standard InChI is InChI=1S/C14H13ClN2O5/c1-16-9-10(17(19)20)8-12(16)14(18)22-7-6-21-13-5-3-2-4-11(13)15/h2-5,8-9H,6-7H2,1H3. The lowest BCUT2D eigenvalue weighted by Gasteiger charge is -2.08. The van der Waals surface area contributed by atoms with Crippen molar-refractivity contribution in [2.45, 2.75) is 0 Å². The molecule has 0 amide bonds. The first-order valence-corrected chi connectivity index (χ1v) is 6.72. The van der Waals surface area contributed by atoms with Gasteiger partial charge in [-0.05, 0) is 12.1 Å². The van der Waals surface area contributed by atoms with Crippen LogP contribution in [0.4, 0.5) is 5.69 Å². The van der Waals surface area contributed by atoms with Crippen LogP contribution in [0.5, 0.6) is 5.75 Å². The lowest BCUT2D eigenvalue weighted by molar-refractivity contribution is -0.384. The predicted octanol–water partition coefficient (Wildman–Crippen LogP) is 2.82. The molecule has 22 heavy (non-hydrogen) atoms. The van der Waals surface area contributed by atoms with Crippen LogP contribution >= 0.6 is 11.6 Å². The smallest absolute Gasteiger partial charge is 0.355 e. The molecule has 0 aliphatic heterocycles. The van der Waals surface area contributed by atoms with Crippen LogP contribution < -0.4 is 4.74 Å². The van der Waals surface area contributed by atoms with Gasteiger partial charge in [0.05, 0.1) is 16.1 Å². The van der Waals surface area contributed by atoms with Gasteiger partial charge in [-0.2, -0.15) is 0 Å². The lowest BCUT2D eigenvalue weighted by Crippen LogP contribution is -2.14. The fourth-order valence-electron chi connectivity index (χ4n) is 1.77. The van der Waals surface area contributed by atoms with Crippen LogP contribution in [-0.4, -0.2) is 28.7 Å². The van der Waals surface area contributed by atoms with E-state index in [1.165, 1.54) is 17.8 Å². The highest BCUT2D eigenvalue weighted by Gasteiger charge is 2.18. The largest absolute Gasteiger partial charge is 0.488 e. The summed E-state index contributed by atoms with van der Waals surface area (Å²) in [6.07, 6.45) is 1.25. The zero-order valence-electron chi connectivity index (χ0n) is 11.7. The third-order valence-corrected chi connectivity index (χ3v) is 3.13. The van der Waals surface area contributed by atoms with E-state index in [1.807, 2.05) is 0 Å². The minimum atomic E-state index is -0.654. The first kappa shape index (κ1) is 15.8. The molecular formula is C14H13ClN2O5. The molecule has 1 heterocycles. The Labute approximate surface area is 131 Å². The van der Waals surface area contributed by atoms with Gasteiger partial charge in [-0.25, -0.2) is 4.79 Å². The number of nitro groups is 1. The number of hydrogen-bond acceptors (Lipinski definition) is 5. The van der Waals surface area contributed by atoms with Crippen LogP contribution in [0.3, 0.4) is 0 Å². The van der Waals surface area contributed by atoms with Crippen molar-refractivity contribution in [3.8, 4) is 5.75 Å². The Kier molecular flexibility index (Phi) is 5.00. The SMILES string of the molecule is Cn1cc([N+](=O)[O-])cc1C(=O)OCCOc1ccccc1Cl. The van der Waals surface area contributed by atoms with E-state index in [0.717, 1.165) is 6.07 Å². The number of aryl methyl sites for hydroxylation is 1. The summed E-state index contributed by atoms with van der Waals surface area (Å²) in [6.45, 7) is 0.130. The van der Waals surface area contributed by atoms with Gasteiger partial charge < -0.3 is 14.0 Å². The molecule has 116 valence electrons. The average Bonchev–Trinajstić information content (AvgIpc) is 2.87. The second-order valence-electron chi connectivity index (χ2n) is 4.37. The topological polar surface area (TPSA) is 83.6 Å². The number of carbonyl (C=O) groups excluding carboxylic acids is 1. The minimum absolute atomic E-state index is 0.00301. The molecule has 0 radical (unpaired) electrons. The fraction of sp³-hybridized carbons (Fsp3) is 0.214. The van der Waals surface area contributed by atoms with Gasteiger partial charge in [0, 0.05) is 13.1 Å². The third kappa shape index (κ3) is 3.76. The van der Waals surface area contributed by atoms with Crippen LogP contribution in [0.15, 0.2) is 36.5 Å². The fourth-order valence-corrected chi connectivity index (χ4v) is 1.96. The molecule has 0 saturated carbocycles. The lowest BCUT2D eigenvalue weighted by atomic mass is 10.3. The molecule has 8 heteroatoms. The van der Waals surface area contributed by atoms with E-state index in [2.05, 4.69) is 0 Å². The van der Waals surface area contributed by atoms with Crippen LogP contribution in [0, 0.1) is 10.1 Å². The highest BCUT2D eigenvalue weighted by molar-refractivity contribution is 6.32. The molecule has 2 rings (SSSR count). The van der Waals surface area contributed by atoms with Gasteiger partial charge in [0.1, 0.15) is 24.7 Å². The summed E-state index contributed by atoms with van der Waals surface area (Å²) in [4.78, 5) is 21.9. The summed E-state index contributed by atoms with van der Waals surface area (Å²) in [7, 11) is 1.53. The van der Waals surface area contributed by atoms with E-state index < -0.39 is 10.9 Å². The summed E-state index contributed by atoms with van der Waals surface area (Å²) in [6, 6.07) is 8.10. The summed E-state index contributed by atoms with van der Waals surface area (Å²) < 4.78 is 11.7. The van der Waals surface area contributed by atoms with Crippen molar-refractivity contribution < 1.29 is 19.2 Å². The number of para-hydroxylation sites is 1. The van der Waals surface area contributed by atoms with Gasteiger partial charge in [-0.15, -0.1) is 0 Å². The summed E-state index contributed by atoms with van der Waals surface area (Å²) in [5, 5.41) is 11.1. The summed E-state index contributed by atoms with van der Waals surface area (Å²) >= 11 is 5.91. The Morgan fingerprint density at radius 1 is 1.36 bits per heavy atom. The van der Waals surface area contributed by atoms with Gasteiger partial charge in [-0.3, -0.25) is 10.1 Å². The van der Waals surface area contributed by atoms with Crippen molar-refractivity contribution in [2.75, 3.05) is 13.2 Å². The van der Waals surface area contributed by atoms with Crippen LogP contribution in [0.25, 0.3) is 0 Å². The molecule has 0 fully saturated rings. The number of benzene rings is 1. The molecule has 0 atom stereocenters. The number of esters is 1. The molecule has 0 N–H and O–H groups in total. The van der Waals surface area contributed by atoms with Gasteiger partial charge >= 0.3 is 5.97 Å². The number of halogens is 1. The summed E-state index contributed by atoms with van der Waals surface area (Å²) in [5.74, 6) is -0.159. The van der Waals surface area contributed by atoms with Crippen LogP contribution in [0.1, 0.15) is 10.5 Å². The van der Waals surface area contributed by atoms with E-state index in [0.29, 0.717) is 10.8 Å². The number of rotatable bonds is 6. The van der Waals surface area contributed by atoms with Gasteiger partial charge in [-0.1, -0.05) is 23.7 Å². The van der Waals surface area contributed by atoms with Crippen LogP contribution in [-0.2, 0) is 11.8 Å². The van der Waals surface area contributed by atoms with E-state index in [9.17, 15) is 14.9 Å². The molecule has 0 spiro atoms. The Balaban J connectivity index is 1.86. The molecule has 1 aromatic carbocycles. The normalized spacial score (nSPS) is 10.3. The number of aromatic nitrogens is 1. The maximum absolute atomic E-state index is 11.8. The number of nitrogens with zero attached hydrogens (tertiary/aromatic N) is 2. The molecule has 1 aromatic heterocycles. The monoisotopic (exact) mass is 324 g/mol. The molecule has 0 unspecified atom stereocenters. The zero-order valence-corrected chi connectivity index (χ0v) is 12.4. The van der Waals surface area contributed by atoms with E-state index in [4.69, 9.17) is 21.1 Å². The second kappa shape index (κ2) is 6.95. The predicted molar refractivity (Wildman–Crippen MR) is 79.3 cm³/mol. The van der Waals surface area contributed by atoms with Gasteiger partial charge in [0.15, 0.2) is 0 Å². The van der Waals surface area contributed by atoms with E-state index in [1.54, 1.807) is 24.3 Å². The van der Waals surface area contributed by atoms with E-state index in [-0.39, 0.29) is 24.6 Å². The highest BCUT2D eigenvalue weighted by Crippen LogP contribution is 2.22. The van der Waals surface area contributed by atoms with Crippen molar-refractivity contribution in [1.82, 2.24) is 4.57 Å². The second-order valence-corrected chi connectivity index (χ2v) is 4.77. The Morgan fingerprint density at radius 3 is 2.73 bits per heavy atom. The number of ether oxygens (including phenoxy) is 2. The van der Waals surface area contributed by atoms with Crippen molar-refractivity contribution in [3.05, 3.63) is 57.4 Å². The minimum Gasteiger partial charge on any atom is -0.488 e. The molecule has 2 aromatic rings. The van der Waals surface area contributed by atoms with Crippen molar-refractivity contribution >= 4 is 23.3 Å². The number of carbonyl (C=O) groups is 1. The molecule has 0 aliphatic rings. The van der Waals surface area contributed by atoms with Gasteiger partial charge in [0.25, 0.3) is 5.69 Å². The van der Waals surface area contributed by atoms with Crippen molar-refractivity contribution in [1.29, 1.82) is 0 Å². The molecule has 0 bridgehead atoms. The number of hydrogen-bond donors (Lipinski definition) is 0. The first-order chi connectivity index (χ1) is 10.5. The highest BCUT2D eigenvalue weighted by atomic mass is 35.5. The zero-order chi connectivity index (χ0) is 16.1. The summed E-state index contributed by atoms with van der Waals surface area (Å²) in [5.41, 5.74) is -0.0637. The third-order valence-electron chi connectivity index (χ3n) is 2.82. The Hall–Kier alpha value is -2.54. The molecule has 0 aliphatic carbocycles. The van der Waals surface area contributed by atoms with Crippen LogP contribution in [0.2, 0.25) is 5.02 Å². The Morgan fingerprint density at radius 2 is 2.09 bits per heavy atom. The average molecular weight is 325 g/mol. The van der Waals surface area contributed by atoms with Gasteiger partial charge in [0.2, 0.25) is 0 Å². The maximum Gasteiger partial charge on any atom is 0.355 e. The molecule has 0 saturated heterocycles. The molecular weight excluding hydrogens is 312 g/mol. The molecule has 7 nitrogen and oxygen atoms in total. The first-order valence-electron chi connectivity index (χ1n) is 6.34. The van der Waals surface area contributed by atoms with Crippen molar-refractivity contribution in [3.63, 3.8) is 0 Å². The van der Waals surface area contributed by atoms with E-state index >= 15 is 0 Å².